The zero-order valence-corrected chi connectivity index (χ0v) is 16.6. The average Bonchev–Trinajstić information content (AvgIpc) is 3.02. The molecule has 1 aromatic carbocycles. The van der Waals surface area contributed by atoms with Gasteiger partial charge in [0.1, 0.15) is 30.2 Å². The molecule has 8 heteroatoms. The van der Waals surface area contributed by atoms with Crippen molar-refractivity contribution in [3.63, 3.8) is 0 Å². The molecule has 0 aliphatic heterocycles. The molecule has 0 radical (unpaired) electrons. The number of alkyl halides is 1. The van der Waals surface area contributed by atoms with Gasteiger partial charge in [-0.05, 0) is 39.0 Å². The van der Waals surface area contributed by atoms with Crippen molar-refractivity contribution in [2.24, 2.45) is 0 Å². The van der Waals surface area contributed by atoms with E-state index in [4.69, 9.17) is 10.00 Å². The quantitative estimate of drug-likeness (QED) is 0.469. The number of nitriles is 1. The summed E-state index contributed by atoms with van der Waals surface area (Å²) >= 11 is 3.12. The lowest BCUT2D eigenvalue weighted by Crippen LogP contribution is -2.56. The van der Waals surface area contributed by atoms with E-state index in [1.54, 1.807) is 17.1 Å². The molecule has 0 aliphatic rings. The van der Waals surface area contributed by atoms with Gasteiger partial charge in [0.25, 0.3) is 0 Å². The fourth-order valence-electron chi connectivity index (χ4n) is 2.43. The van der Waals surface area contributed by atoms with E-state index >= 15 is 0 Å². The van der Waals surface area contributed by atoms with Gasteiger partial charge in [0, 0.05) is 17.5 Å². The van der Waals surface area contributed by atoms with Crippen molar-refractivity contribution in [3.05, 3.63) is 30.0 Å². The Hall–Kier alpha value is -2.08. The van der Waals surface area contributed by atoms with E-state index in [0.29, 0.717) is 11.4 Å². The number of nitrogens with zero attached hydrogens (tertiary/aromatic N) is 2. The summed E-state index contributed by atoms with van der Waals surface area (Å²) in [6, 6.07) is 9.25. The molecule has 0 spiro atoms. The number of benzene rings is 1. The maximum atomic E-state index is 11.7. The fraction of sp³-hybridized carbons (Fsp3) is 0.444. The molecule has 1 unspecified atom stereocenters. The summed E-state index contributed by atoms with van der Waals surface area (Å²) in [5, 5.41) is 22.0. The number of aliphatic hydroxyl groups is 1. The van der Waals surface area contributed by atoms with Gasteiger partial charge in [0.15, 0.2) is 0 Å². The summed E-state index contributed by atoms with van der Waals surface area (Å²) < 4.78 is 5.76. The van der Waals surface area contributed by atoms with Crippen LogP contribution >= 0.6 is 15.9 Å². The standard InChI is InChI=1S/C18H23BrN4O3/c1-18(2,3)23(22-17(25)8-19)10-13(24)11-26-16-6-4-5-15-14(16)7-12(9-20)21-15/h4-7,13,21,24H,8,10-11H2,1-3H3,(H,22,25). The Kier molecular flexibility index (Phi) is 6.64. The molecule has 26 heavy (non-hydrogen) atoms. The van der Waals surface area contributed by atoms with E-state index in [-0.39, 0.29) is 29.9 Å². The van der Waals surface area contributed by atoms with Gasteiger partial charge in [-0.25, -0.2) is 5.01 Å². The second-order valence-electron chi connectivity index (χ2n) is 6.93. The van der Waals surface area contributed by atoms with Gasteiger partial charge in [0.05, 0.1) is 10.8 Å². The van der Waals surface area contributed by atoms with Gasteiger partial charge in [-0.2, -0.15) is 5.26 Å². The van der Waals surface area contributed by atoms with Crippen molar-refractivity contribution in [2.75, 3.05) is 18.5 Å². The molecular weight excluding hydrogens is 400 g/mol. The normalized spacial score (nSPS) is 12.8. The van der Waals surface area contributed by atoms with Gasteiger partial charge in [-0.1, -0.05) is 22.0 Å². The van der Waals surface area contributed by atoms with Crippen LogP contribution in [0.15, 0.2) is 24.3 Å². The molecule has 0 bridgehead atoms. The summed E-state index contributed by atoms with van der Waals surface area (Å²) in [5.74, 6) is 0.403. The number of carbonyl (C=O) groups is 1. The number of halogens is 1. The summed E-state index contributed by atoms with van der Waals surface area (Å²) in [4.78, 5) is 14.7. The lowest BCUT2D eigenvalue weighted by molar-refractivity contribution is -0.127. The number of fused-ring (bicyclic) bond motifs is 1. The molecule has 1 amide bonds. The first-order valence-corrected chi connectivity index (χ1v) is 9.32. The van der Waals surface area contributed by atoms with Crippen molar-refractivity contribution in [2.45, 2.75) is 32.4 Å². The minimum atomic E-state index is -0.811. The number of aromatic amines is 1. The predicted octanol–water partition coefficient (Wildman–Crippen LogP) is 2.31. The van der Waals surface area contributed by atoms with Crippen LogP contribution < -0.4 is 10.2 Å². The highest BCUT2D eigenvalue weighted by atomic mass is 79.9. The van der Waals surface area contributed by atoms with Crippen LogP contribution in [0.4, 0.5) is 0 Å². The number of nitrogens with one attached hydrogen (secondary N) is 2. The first kappa shape index (κ1) is 20.2. The second kappa shape index (κ2) is 8.54. The van der Waals surface area contributed by atoms with Gasteiger partial charge in [0.2, 0.25) is 5.91 Å². The summed E-state index contributed by atoms with van der Waals surface area (Å²) in [5.41, 5.74) is 3.66. The molecule has 1 aromatic heterocycles. The third-order valence-electron chi connectivity index (χ3n) is 3.76. The van der Waals surface area contributed by atoms with Crippen LogP contribution in [0.1, 0.15) is 26.5 Å². The van der Waals surface area contributed by atoms with Gasteiger partial charge in [-0.15, -0.1) is 0 Å². The molecular formula is C18H23BrN4O3. The van der Waals surface area contributed by atoms with E-state index in [0.717, 1.165) is 10.9 Å². The van der Waals surface area contributed by atoms with Crippen LogP contribution in [0.2, 0.25) is 0 Å². The third kappa shape index (κ3) is 5.21. The van der Waals surface area contributed by atoms with E-state index in [2.05, 4.69) is 32.4 Å². The van der Waals surface area contributed by atoms with Crippen molar-refractivity contribution < 1.29 is 14.6 Å². The Labute approximate surface area is 161 Å². The first-order chi connectivity index (χ1) is 12.2. The van der Waals surface area contributed by atoms with Crippen LogP contribution in [-0.2, 0) is 4.79 Å². The maximum absolute atomic E-state index is 11.7. The van der Waals surface area contributed by atoms with Gasteiger partial charge in [-0.3, -0.25) is 10.2 Å². The lowest BCUT2D eigenvalue weighted by Gasteiger charge is -2.36. The highest BCUT2D eigenvalue weighted by Crippen LogP contribution is 2.26. The molecule has 0 aliphatic carbocycles. The topological polar surface area (TPSA) is 101 Å². The number of aromatic nitrogens is 1. The van der Waals surface area contributed by atoms with Crippen LogP contribution in [-0.4, -0.2) is 51.1 Å². The number of amides is 1. The Morgan fingerprint density at radius 3 is 2.85 bits per heavy atom. The molecule has 1 atom stereocenters. The van der Waals surface area contributed by atoms with Crippen molar-refractivity contribution >= 4 is 32.7 Å². The molecule has 2 aromatic rings. The molecule has 3 N–H and O–H groups in total. The average molecular weight is 423 g/mol. The number of aliphatic hydroxyl groups excluding tert-OH is 1. The van der Waals surface area contributed by atoms with Gasteiger partial charge < -0.3 is 14.8 Å². The summed E-state index contributed by atoms with van der Waals surface area (Å²) in [7, 11) is 0. The molecule has 0 saturated heterocycles. The van der Waals surface area contributed by atoms with Crippen LogP contribution in [0.25, 0.3) is 10.9 Å². The highest BCUT2D eigenvalue weighted by molar-refractivity contribution is 9.09. The number of hydrogen-bond donors (Lipinski definition) is 3. The van der Waals surface area contributed by atoms with Gasteiger partial charge >= 0.3 is 0 Å². The van der Waals surface area contributed by atoms with Crippen LogP contribution in [0.5, 0.6) is 5.75 Å². The van der Waals surface area contributed by atoms with Crippen LogP contribution in [0.3, 0.4) is 0 Å². The number of hydrazine groups is 1. The third-order valence-corrected chi connectivity index (χ3v) is 4.27. The molecule has 7 nitrogen and oxygen atoms in total. The minimum absolute atomic E-state index is 0.0585. The minimum Gasteiger partial charge on any atom is -0.490 e. The number of H-pyrrole nitrogens is 1. The Bertz CT molecular complexity index is 807. The van der Waals surface area contributed by atoms with E-state index in [1.165, 1.54) is 0 Å². The van der Waals surface area contributed by atoms with Crippen molar-refractivity contribution in [3.8, 4) is 11.8 Å². The fourth-order valence-corrected chi connectivity index (χ4v) is 2.56. The number of carbonyl (C=O) groups excluding carboxylic acids is 1. The smallest absolute Gasteiger partial charge is 0.244 e. The first-order valence-electron chi connectivity index (χ1n) is 8.20. The molecule has 140 valence electrons. The number of hydrogen-bond acceptors (Lipinski definition) is 5. The van der Waals surface area contributed by atoms with E-state index in [9.17, 15) is 9.90 Å². The Morgan fingerprint density at radius 2 is 2.23 bits per heavy atom. The Morgan fingerprint density at radius 1 is 1.50 bits per heavy atom. The predicted molar refractivity (Wildman–Crippen MR) is 103 cm³/mol. The lowest BCUT2D eigenvalue weighted by atomic mass is 10.1. The molecule has 2 rings (SSSR count). The summed E-state index contributed by atoms with van der Waals surface area (Å²) in [6.07, 6.45) is -0.811. The molecule has 1 heterocycles. The van der Waals surface area contributed by atoms with E-state index in [1.807, 2.05) is 32.9 Å². The SMILES string of the molecule is CC(C)(C)N(CC(O)COc1cccc2[nH]c(C#N)cc12)NC(=O)CBr. The highest BCUT2D eigenvalue weighted by Gasteiger charge is 2.25. The maximum Gasteiger partial charge on any atom is 0.244 e. The largest absolute Gasteiger partial charge is 0.490 e. The molecule has 0 saturated carbocycles. The van der Waals surface area contributed by atoms with Crippen LogP contribution in [0, 0.1) is 11.3 Å². The zero-order chi connectivity index (χ0) is 19.3. The summed E-state index contributed by atoms with van der Waals surface area (Å²) in [6.45, 7) is 6.11. The van der Waals surface area contributed by atoms with Crippen molar-refractivity contribution in [1.82, 2.24) is 15.4 Å². The zero-order valence-electron chi connectivity index (χ0n) is 15.0. The monoisotopic (exact) mass is 422 g/mol. The second-order valence-corrected chi connectivity index (χ2v) is 7.49. The van der Waals surface area contributed by atoms with E-state index < -0.39 is 6.10 Å². The Balaban J connectivity index is 2.03. The van der Waals surface area contributed by atoms with Crippen molar-refractivity contribution in [1.29, 1.82) is 5.26 Å². The number of ether oxygens (including phenoxy) is 1. The number of β-amino-alcohol motifs (C(OH)–C–C–N with tert-alkyl or cyclic N) is 1. The molecule has 0 fully saturated rings. The number of rotatable bonds is 7.